The lowest BCUT2D eigenvalue weighted by Crippen LogP contribution is -2.40. The first-order valence-corrected chi connectivity index (χ1v) is 11.5. The van der Waals surface area contributed by atoms with E-state index >= 15 is 0 Å². The summed E-state index contributed by atoms with van der Waals surface area (Å²) in [7, 11) is -1.37. The van der Waals surface area contributed by atoms with Crippen LogP contribution in [0.15, 0.2) is 23.2 Å². The van der Waals surface area contributed by atoms with Gasteiger partial charge in [0.1, 0.15) is 9.84 Å². The van der Waals surface area contributed by atoms with Crippen molar-refractivity contribution in [1.29, 1.82) is 0 Å². The molecule has 7 nitrogen and oxygen atoms in total. The minimum Gasteiger partial charge on any atom is -0.490 e. The van der Waals surface area contributed by atoms with Gasteiger partial charge in [-0.25, -0.2) is 12.8 Å². The van der Waals surface area contributed by atoms with Gasteiger partial charge in [-0.3, -0.25) is 4.99 Å². The van der Waals surface area contributed by atoms with E-state index in [0.29, 0.717) is 31.6 Å². The highest BCUT2D eigenvalue weighted by Crippen LogP contribution is 2.30. The van der Waals surface area contributed by atoms with Crippen LogP contribution in [0.25, 0.3) is 0 Å². The number of halogens is 1. The summed E-state index contributed by atoms with van der Waals surface area (Å²) in [4.78, 5) is 4.13. The molecule has 2 rings (SSSR count). The third kappa shape index (κ3) is 8.43. The van der Waals surface area contributed by atoms with Gasteiger partial charge in [0.05, 0.1) is 31.6 Å². The highest BCUT2D eigenvalue weighted by molar-refractivity contribution is 7.90. The molecule has 0 saturated heterocycles. The number of sulfone groups is 1. The Kier molecular flexibility index (Phi) is 8.50. The lowest BCUT2D eigenvalue weighted by atomic mass is 10.1. The van der Waals surface area contributed by atoms with Gasteiger partial charge in [0.2, 0.25) is 0 Å². The number of hydrogen-bond acceptors (Lipinski definition) is 5. The zero-order valence-electron chi connectivity index (χ0n) is 16.7. The maximum Gasteiger partial charge on any atom is 0.191 e. The molecule has 28 heavy (non-hydrogen) atoms. The van der Waals surface area contributed by atoms with Gasteiger partial charge >= 0.3 is 0 Å². The first-order valence-electron chi connectivity index (χ1n) is 9.43. The van der Waals surface area contributed by atoms with Crippen LogP contribution < -0.4 is 15.4 Å². The highest BCUT2D eigenvalue weighted by Gasteiger charge is 2.22. The predicted molar refractivity (Wildman–Crippen MR) is 108 cm³/mol. The number of guanidine groups is 1. The fourth-order valence-corrected chi connectivity index (χ4v) is 2.85. The van der Waals surface area contributed by atoms with Gasteiger partial charge in [-0.2, -0.15) is 0 Å². The summed E-state index contributed by atoms with van der Waals surface area (Å²) in [5.41, 5.74) is 0.781. The van der Waals surface area contributed by atoms with Crippen molar-refractivity contribution in [3.63, 3.8) is 0 Å². The second kappa shape index (κ2) is 10.6. The first-order chi connectivity index (χ1) is 13.3. The Labute approximate surface area is 166 Å². The van der Waals surface area contributed by atoms with E-state index in [4.69, 9.17) is 9.47 Å². The van der Waals surface area contributed by atoms with Crippen LogP contribution in [0.3, 0.4) is 0 Å². The summed E-state index contributed by atoms with van der Waals surface area (Å²) < 4.78 is 47.1. The summed E-state index contributed by atoms with van der Waals surface area (Å²) in [5, 5.41) is 6.26. The van der Waals surface area contributed by atoms with Gasteiger partial charge in [-0.15, -0.1) is 0 Å². The summed E-state index contributed by atoms with van der Waals surface area (Å²) in [6, 6.07) is 4.81. The lowest BCUT2D eigenvalue weighted by molar-refractivity contribution is 0.154. The van der Waals surface area contributed by atoms with E-state index in [1.165, 1.54) is 12.3 Å². The van der Waals surface area contributed by atoms with Crippen molar-refractivity contribution in [1.82, 2.24) is 10.6 Å². The van der Waals surface area contributed by atoms with Crippen LogP contribution in [-0.2, 0) is 14.6 Å². The van der Waals surface area contributed by atoms with Crippen LogP contribution in [0.4, 0.5) is 4.39 Å². The summed E-state index contributed by atoms with van der Waals surface area (Å²) in [6.45, 7) is 3.48. The molecule has 1 atom stereocenters. The fourth-order valence-electron chi connectivity index (χ4n) is 2.43. The Bertz CT molecular complexity index is 766. The molecule has 1 saturated carbocycles. The van der Waals surface area contributed by atoms with Crippen LogP contribution >= 0.6 is 0 Å². The molecule has 1 unspecified atom stereocenters. The topological polar surface area (TPSA) is 89.0 Å². The van der Waals surface area contributed by atoms with Crippen molar-refractivity contribution in [3.05, 3.63) is 29.6 Å². The number of nitrogens with one attached hydrogen (secondary N) is 2. The molecular weight excluding hydrogens is 385 g/mol. The molecule has 0 bridgehead atoms. The van der Waals surface area contributed by atoms with Crippen molar-refractivity contribution >= 4 is 15.8 Å². The molecule has 0 amide bonds. The Morgan fingerprint density at radius 2 is 2.11 bits per heavy atom. The van der Waals surface area contributed by atoms with E-state index in [9.17, 15) is 12.8 Å². The van der Waals surface area contributed by atoms with Gasteiger partial charge in [-0.05, 0) is 43.4 Å². The van der Waals surface area contributed by atoms with Crippen LogP contribution in [0, 0.1) is 11.7 Å². The average molecular weight is 416 g/mol. The third-order valence-corrected chi connectivity index (χ3v) is 5.25. The molecule has 1 aliphatic rings. The number of ether oxygens (including phenoxy) is 2. The minimum absolute atomic E-state index is 0.00291. The molecule has 1 aromatic rings. The summed E-state index contributed by atoms with van der Waals surface area (Å²) >= 11 is 0. The molecule has 0 aromatic heterocycles. The smallest absolute Gasteiger partial charge is 0.191 e. The number of nitrogens with zero attached hydrogens (tertiary/aromatic N) is 1. The summed E-state index contributed by atoms with van der Waals surface area (Å²) in [5.74, 6) is 1.05. The Balaban J connectivity index is 1.74. The first kappa shape index (κ1) is 22.4. The Hall–Kier alpha value is -1.87. The zero-order chi connectivity index (χ0) is 20.6. The highest BCUT2D eigenvalue weighted by atomic mass is 32.2. The van der Waals surface area contributed by atoms with Crippen LogP contribution in [0.1, 0.15) is 31.4 Å². The molecule has 9 heteroatoms. The van der Waals surface area contributed by atoms with Crippen LogP contribution in [0.5, 0.6) is 5.75 Å². The maximum atomic E-state index is 14.2. The van der Waals surface area contributed by atoms with Crippen molar-refractivity contribution in [3.8, 4) is 5.75 Å². The SMILES string of the molecule is CN=C(NCCOCCS(C)(=O)=O)NC(C)c1ccc(OCC2CC2)c(F)c1. The number of hydrogen-bond donors (Lipinski definition) is 2. The molecule has 0 aliphatic heterocycles. The van der Waals surface area contributed by atoms with Gasteiger partial charge in [0.15, 0.2) is 17.5 Å². The van der Waals surface area contributed by atoms with Gasteiger partial charge < -0.3 is 20.1 Å². The molecule has 1 fully saturated rings. The molecule has 1 aromatic carbocycles. The lowest BCUT2D eigenvalue weighted by Gasteiger charge is -2.19. The average Bonchev–Trinajstić information content (AvgIpc) is 3.45. The number of benzene rings is 1. The van der Waals surface area contributed by atoms with E-state index < -0.39 is 9.84 Å². The second-order valence-corrected chi connectivity index (χ2v) is 9.31. The molecule has 0 radical (unpaired) electrons. The van der Waals surface area contributed by atoms with Gasteiger partial charge in [-0.1, -0.05) is 6.07 Å². The monoisotopic (exact) mass is 415 g/mol. The Morgan fingerprint density at radius 3 is 2.71 bits per heavy atom. The van der Waals surface area contributed by atoms with Crippen molar-refractivity contribution < 1.29 is 22.3 Å². The van der Waals surface area contributed by atoms with E-state index in [1.54, 1.807) is 13.1 Å². The Morgan fingerprint density at radius 1 is 1.36 bits per heavy atom. The van der Waals surface area contributed by atoms with E-state index in [1.807, 2.05) is 13.0 Å². The van der Waals surface area contributed by atoms with Crippen molar-refractivity contribution in [2.24, 2.45) is 10.9 Å². The molecule has 2 N–H and O–H groups in total. The molecule has 0 heterocycles. The van der Waals surface area contributed by atoms with Crippen LogP contribution in [-0.4, -0.2) is 59.8 Å². The van der Waals surface area contributed by atoms with Crippen molar-refractivity contribution in [2.75, 3.05) is 45.4 Å². The van der Waals surface area contributed by atoms with E-state index in [0.717, 1.165) is 18.4 Å². The summed E-state index contributed by atoms with van der Waals surface area (Å²) in [6.07, 6.45) is 3.50. The normalized spacial score (nSPS) is 15.9. The van der Waals surface area contributed by atoms with E-state index in [-0.39, 0.29) is 30.0 Å². The molecule has 158 valence electrons. The van der Waals surface area contributed by atoms with Gasteiger partial charge in [0.25, 0.3) is 0 Å². The quantitative estimate of drug-likeness (QED) is 0.326. The van der Waals surface area contributed by atoms with Crippen LogP contribution in [0.2, 0.25) is 0 Å². The zero-order valence-corrected chi connectivity index (χ0v) is 17.5. The van der Waals surface area contributed by atoms with E-state index in [2.05, 4.69) is 15.6 Å². The van der Waals surface area contributed by atoms with Gasteiger partial charge in [0, 0.05) is 19.8 Å². The molecular formula is C19H30FN3O4S. The minimum atomic E-state index is -3.01. The number of aliphatic imine (C=N–C) groups is 1. The molecule has 1 aliphatic carbocycles. The molecule has 0 spiro atoms. The maximum absolute atomic E-state index is 14.2. The van der Waals surface area contributed by atoms with Crippen molar-refractivity contribution in [2.45, 2.75) is 25.8 Å². The number of rotatable bonds is 11. The fraction of sp³-hybridized carbons (Fsp3) is 0.632. The third-order valence-electron chi connectivity index (χ3n) is 4.34. The second-order valence-electron chi connectivity index (χ2n) is 7.05. The largest absolute Gasteiger partial charge is 0.490 e. The standard InChI is InChI=1S/C19H30FN3O4S/c1-14(16-6-7-18(17(20)12-16)27-13-15-4-5-15)23-19(21-2)22-8-9-26-10-11-28(3,24)25/h6-7,12,14-15H,4-5,8-11,13H2,1-3H3,(H2,21,22,23). The predicted octanol–water partition coefficient (Wildman–Crippen LogP) is 1.90.